The van der Waals surface area contributed by atoms with Gasteiger partial charge in [-0.25, -0.2) is 9.97 Å². The minimum atomic E-state index is -4.63. The number of nitrogens with zero attached hydrogens (tertiary/aromatic N) is 2. The fourth-order valence-corrected chi connectivity index (χ4v) is 1.86. The van der Waals surface area contributed by atoms with Gasteiger partial charge in [-0.3, -0.25) is 4.21 Å². The van der Waals surface area contributed by atoms with Gasteiger partial charge >= 0.3 is 6.18 Å². The van der Waals surface area contributed by atoms with E-state index in [-0.39, 0.29) is 11.0 Å². The lowest BCUT2D eigenvalue weighted by Gasteiger charge is -2.09. The molecule has 1 N–H and O–H groups in total. The molecule has 0 bridgehead atoms. The molecule has 1 rings (SSSR count). The fourth-order valence-electron chi connectivity index (χ4n) is 1.13. The van der Waals surface area contributed by atoms with Crippen molar-refractivity contribution in [3.05, 3.63) is 17.0 Å². The van der Waals surface area contributed by atoms with Gasteiger partial charge in [-0.2, -0.15) is 13.2 Å². The number of rotatable bonds is 5. The third-order valence-corrected chi connectivity index (χ3v) is 2.92. The van der Waals surface area contributed by atoms with Crippen LogP contribution in [0.15, 0.2) is 6.07 Å². The van der Waals surface area contributed by atoms with Gasteiger partial charge in [-0.05, 0) is 6.42 Å². The van der Waals surface area contributed by atoms with Crippen LogP contribution in [0.1, 0.15) is 12.2 Å². The Hall–Kier alpha value is -0.890. The maximum Gasteiger partial charge on any atom is 0.451 e. The standard InChI is InChI=1S/C9H11ClF3N3OS/c1-18(17)4-2-3-14-7-5-6(10)15-8(16-7)9(11,12)13/h5H,2-4H2,1H3,(H,14,15,16). The number of aromatic nitrogens is 2. The van der Waals surface area contributed by atoms with E-state index in [0.717, 1.165) is 0 Å². The Morgan fingerprint density at radius 1 is 1.44 bits per heavy atom. The summed E-state index contributed by atoms with van der Waals surface area (Å²) >= 11 is 5.48. The summed E-state index contributed by atoms with van der Waals surface area (Å²) in [7, 11) is -0.925. The summed E-state index contributed by atoms with van der Waals surface area (Å²) < 4.78 is 48.0. The zero-order chi connectivity index (χ0) is 13.8. The Bertz CT molecular complexity index is 442. The van der Waals surface area contributed by atoms with Gasteiger partial charge in [0.05, 0.1) is 0 Å². The van der Waals surface area contributed by atoms with Crippen LogP contribution in [0, 0.1) is 0 Å². The second-order valence-corrected chi connectivity index (χ2v) is 5.40. The number of hydrogen-bond donors (Lipinski definition) is 1. The van der Waals surface area contributed by atoms with E-state index in [1.807, 2.05) is 0 Å². The van der Waals surface area contributed by atoms with Crippen molar-refractivity contribution in [1.82, 2.24) is 9.97 Å². The van der Waals surface area contributed by atoms with Gasteiger partial charge in [0.15, 0.2) is 0 Å². The number of halogens is 4. The van der Waals surface area contributed by atoms with E-state index in [4.69, 9.17) is 11.6 Å². The first-order valence-corrected chi connectivity index (χ1v) is 7.05. The Morgan fingerprint density at radius 2 is 2.11 bits per heavy atom. The van der Waals surface area contributed by atoms with Crippen LogP contribution in [0.2, 0.25) is 5.15 Å². The van der Waals surface area contributed by atoms with Crippen molar-refractivity contribution in [2.75, 3.05) is 23.9 Å². The molecule has 0 amide bonds. The average molecular weight is 302 g/mol. The van der Waals surface area contributed by atoms with E-state index in [0.29, 0.717) is 18.7 Å². The largest absolute Gasteiger partial charge is 0.451 e. The molecule has 1 unspecified atom stereocenters. The minimum Gasteiger partial charge on any atom is -0.370 e. The molecular weight excluding hydrogens is 291 g/mol. The van der Waals surface area contributed by atoms with E-state index >= 15 is 0 Å². The summed E-state index contributed by atoms with van der Waals surface area (Å²) in [5.41, 5.74) is 0. The second-order valence-electron chi connectivity index (χ2n) is 3.45. The molecule has 0 saturated heterocycles. The lowest BCUT2D eigenvalue weighted by molar-refractivity contribution is -0.144. The molecule has 0 fully saturated rings. The first-order valence-electron chi connectivity index (χ1n) is 4.94. The predicted molar refractivity (Wildman–Crippen MR) is 64.1 cm³/mol. The lowest BCUT2D eigenvalue weighted by Crippen LogP contribution is -2.14. The van der Waals surface area contributed by atoms with E-state index in [1.165, 1.54) is 6.07 Å². The van der Waals surface area contributed by atoms with Gasteiger partial charge in [0.2, 0.25) is 5.82 Å². The molecule has 0 aromatic carbocycles. The van der Waals surface area contributed by atoms with Crippen LogP contribution < -0.4 is 5.32 Å². The third kappa shape index (κ3) is 5.18. The van der Waals surface area contributed by atoms with E-state index in [9.17, 15) is 17.4 Å². The molecule has 0 spiro atoms. The van der Waals surface area contributed by atoms with Crippen molar-refractivity contribution in [1.29, 1.82) is 0 Å². The van der Waals surface area contributed by atoms with Crippen molar-refractivity contribution in [3.8, 4) is 0 Å². The van der Waals surface area contributed by atoms with Crippen molar-refractivity contribution in [2.24, 2.45) is 0 Å². The van der Waals surface area contributed by atoms with Crippen LogP contribution in [0.3, 0.4) is 0 Å². The Balaban J connectivity index is 2.66. The van der Waals surface area contributed by atoms with Crippen LogP contribution in [0.4, 0.5) is 19.0 Å². The maximum absolute atomic E-state index is 12.4. The molecule has 1 heterocycles. The molecule has 102 valence electrons. The molecule has 1 aromatic rings. The van der Waals surface area contributed by atoms with Crippen LogP contribution >= 0.6 is 11.6 Å². The van der Waals surface area contributed by atoms with Gasteiger partial charge in [-0.1, -0.05) is 11.6 Å². The Morgan fingerprint density at radius 3 is 2.67 bits per heavy atom. The molecule has 1 aromatic heterocycles. The lowest BCUT2D eigenvalue weighted by atomic mass is 10.4. The van der Waals surface area contributed by atoms with E-state index < -0.39 is 22.8 Å². The monoisotopic (exact) mass is 301 g/mol. The van der Waals surface area contributed by atoms with Crippen LogP contribution in [-0.2, 0) is 17.0 Å². The van der Waals surface area contributed by atoms with Gasteiger partial charge in [-0.15, -0.1) is 0 Å². The van der Waals surface area contributed by atoms with Gasteiger partial charge < -0.3 is 5.32 Å². The van der Waals surface area contributed by atoms with Crippen LogP contribution in [0.5, 0.6) is 0 Å². The zero-order valence-corrected chi connectivity index (χ0v) is 11.0. The molecule has 4 nitrogen and oxygen atoms in total. The summed E-state index contributed by atoms with van der Waals surface area (Å²) in [4.78, 5) is 6.42. The molecule has 0 aliphatic rings. The SMILES string of the molecule is CS(=O)CCCNc1cc(Cl)nc(C(F)(F)F)n1. The van der Waals surface area contributed by atoms with Crippen molar-refractivity contribution >= 4 is 28.2 Å². The zero-order valence-electron chi connectivity index (χ0n) is 9.42. The average Bonchev–Trinajstić information content (AvgIpc) is 2.22. The first-order chi connectivity index (χ1) is 8.29. The second kappa shape index (κ2) is 6.33. The summed E-state index contributed by atoms with van der Waals surface area (Å²) in [6, 6.07) is 1.21. The molecular formula is C9H11ClF3N3OS. The number of alkyl halides is 3. The van der Waals surface area contributed by atoms with E-state index in [2.05, 4.69) is 15.3 Å². The molecule has 1 atom stereocenters. The van der Waals surface area contributed by atoms with Crippen LogP contribution in [0.25, 0.3) is 0 Å². The highest BCUT2D eigenvalue weighted by Crippen LogP contribution is 2.28. The molecule has 0 aliphatic carbocycles. The number of anilines is 1. The summed E-state index contributed by atoms with van der Waals surface area (Å²) in [5, 5.41) is 2.40. The summed E-state index contributed by atoms with van der Waals surface area (Å²) in [6.07, 6.45) is -2.51. The molecule has 0 saturated carbocycles. The van der Waals surface area contributed by atoms with Crippen molar-refractivity contribution < 1.29 is 17.4 Å². The normalized spacial score (nSPS) is 13.4. The minimum absolute atomic E-state index is 0.00390. The van der Waals surface area contributed by atoms with Crippen molar-refractivity contribution in [2.45, 2.75) is 12.6 Å². The van der Waals surface area contributed by atoms with Gasteiger partial charge in [0.1, 0.15) is 11.0 Å². The quantitative estimate of drug-likeness (QED) is 0.670. The maximum atomic E-state index is 12.4. The third-order valence-electron chi connectivity index (χ3n) is 1.86. The highest BCUT2D eigenvalue weighted by Gasteiger charge is 2.35. The number of hydrogen-bond acceptors (Lipinski definition) is 4. The molecule has 9 heteroatoms. The summed E-state index contributed by atoms with van der Waals surface area (Å²) in [5.74, 6) is -0.807. The number of nitrogens with one attached hydrogen (secondary N) is 1. The molecule has 0 aliphatic heterocycles. The fraction of sp³-hybridized carbons (Fsp3) is 0.556. The summed E-state index contributed by atoms with van der Waals surface area (Å²) in [6.45, 7) is 0.365. The van der Waals surface area contributed by atoms with Gasteiger partial charge in [0.25, 0.3) is 0 Å². The highest BCUT2D eigenvalue weighted by atomic mass is 35.5. The van der Waals surface area contributed by atoms with Gasteiger partial charge in [0, 0.05) is 35.4 Å². The smallest absolute Gasteiger partial charge is 0.370 e. The topological polar surface area (TPSA) is 54.9 Å². The Kier molecular flexibility index (Phi) is 5.33. The van der Waals surface area contributed by atoms with Crippen LogP contribution in [-0.4, -0.2) is 32.7 Å². The highest BCUT2D eigenvalue weighted by molar-refractivity contribution is 7.84. The van der Waals surface area contributed by atoms with E-state index in [1.54, 1.807) is 6.26 Å². The van der Waals surface area contributed by atoms with Crippen molar-refractivity contribution in [3.63, 3.8) is 0 Å². The molecule has 0 radical (unpaired) electrons. The predicted octanol–water partition coefficient (Wildman–Crippen LogP) is 2.33. The Labute approximate surface area is 109 Å². The molecule has 18 heavy (non-hydrogen) atoms. The first kappa shape index (κ1) is 15.2.